The van der Waals surface area contributed by atoms with Gasteiger partial charge in [0.25, 0.3) is 0 Å². The molecule has 0 aromatic carbocycles. The molecule has 3 aromatic heterocycles. The lowest BCUT2D eigenvalue weighted by Crippen LogP contribution is -1.96. The maximum Gasteiger partial charge on any atom is 0.339 e. The first-order valence-corrected chi connectivity index (χ1v) is 4.82. The van der Waals surface area contributed by atoms with Crippen molar-refractivity contribution in [2.24, 2.45) is 0 Å². The van der Waals surface area contributed by atoms with Crippen molar-refractivity contribution in [3.63, 3.8) is 0 Å². The molecule has 0 saturated carbocycles. The summed E-state index contributed by atoms with van der Waals surface area (Å²) in [6, 6.07) is 0. The second kappa shape index (κ2) is 3.41. The third-order valence-corrected chi connectivity index (χ3v) is 2.41. The van der Waals surface area contributed by atoms with Crippen LogP contribution in [-0.2, 0) is 0 Å². The molecule has 3 N–H and O–H groups in total. The van der Waals surface area contributed by atoms with Crippen molar-refractivity contribution in [2.45, 2.75) is 0 Å². The van der Waals surface area contributed by atoms with Gasteiger partial charge in [-0.05, 0) is 0 Å². The molecule has 0 atom stereocenters. The van der Waals surface area contributed by atoms with Gasteiger partial charge in [0.2, 0.25) is 0 Å². The molecule has 0 radical (unpaired) electrons. The summed E-state index contributed by atoms with van der Waals surface area (Å²) in [6.07, 6.45) is 6.22. The standard InChI is InChI=1S/C10H7N5O2/c16-10(17)6-3-11-9-8(6)15-7(4-12-9)5-1-13-14-2-5/h1-4H,(H,11,12)(H,13,14)(H,16,17). The van der Waals surface area contributed by atoms with Gasteiger partial charge in [-0.15, -0.1) is 0 Å². The van der Waals surface area contributed by atoms with Crippen LogP contribution in [0.15, 0.2) is 24.8 Å². The van der Waals surface area contributed by atoms with Crippen LogP contribution in [0.4, 0.5) is 0 Å². The summed E-state index contributed by atoms with van der Waals surface area (Å²) in [6.45, 7) is 0. The quantitative estimate of drug-likeness (QED) is 0.608. The van der Waals surface area contributed by atoms with Gasteiger partial charge in [0, 0.05) is 18.0 Å². The highest BCUT2D eigenvalue weighted by molar-refractivity contribution is 6.00. The number of carboxylic acid groups (broad SMARTS) is 1. The Balaban J connectivity index is 2.24. The predicted molar refractivity (Wildman–Crippen MR) is 58.4 cm³/mol. The summed E-state index contributed by atoms with van der Waals surface area (Å²) >= 11 is 0. The van der Waals surface area contributed by atoms with Crippen LogP contribution in [0.3, 0.4) is 0 Å². The molecule has 17 heavy (non-hydrogen) atoms. The van der Waals surface area contributed by atoms with Gasteiger partial charge in [0.05, 0.1) is 18.1 Å². The van der Waals surface area contributed by atoms with Gasteiger partial charge in [-0.3, -0.25) is 5.10 Å². The Morgan fingerprint density at radius 1 is 1.29 bits per heavy atom. The summed E-state index contributed by atoms with van der Waals surface area (Å²) in [5.41, 5.74) is 2.24. The molecular formula is C10H7N5O2. The van der Waals surface area contributed by atoms with Gasteiger partial charge in [-0.25, -0.2) is 14.8 Å². The van der Waals surface area contributed by atoms with Crippen molar-refractivity contribution in [2.75, 3.05) is 0 Å². The fourth-order valence-electron chi connectivity index (χ4n) is 1.58. The van der Waals surface area contributed by atoms with E-state index >= 15 is 0 Å². The van der Waals surface area contributed by atoms with Crippen LogP contribution in [0.25, 0.3) is 22.4 Å². The van der Waals surface area contributed by atoms with Crippen molar-refractivity contribution in [1.82, 2.24) is 25.1 Å². The SMILES string of the molecule is O=C(O)c1c[nH]c2ncc(-c3cn[nH]c3)nc12. The van der Waals surface area contributed by atoms with E-state index in [1.165, 1.54) is 6.20 Å². The van der Waals surface area contributed by atoms with Gasteiger partial charge in [-0.1, -0.05) is 0 Å². The van der Waals surface area contributed by atoms with E-state index in [4.69, 9.17) is 5.11 Å². The molecule has 7 nitrogen and oxygen atoms in total. The zero-order chi connectivity index (χ0) is 11.8. The Bertz CT molecular complexity index is 686. The Labute approximate surface area is 94.5 Å². The highest BCUT2D eigenvalue weighted by Crippen LogP contribution is 2.19. The zero-order valence-electron chi connectivity index (χ0n) is 8.51. The summed E-state index contributed by atoms with van der Waals surface area (Å²) in [7, 11) is 0. The number of carboxylic acids is 1. The Morgan fingerprint density at radius 3 is 2.88 bits per heavy atom. The van der Waals surface area contributed by atoms with Gasteiger partial charge in [-0.2, -0.15) is 5.10 Å². The largest absolute Gasteiger partial charge is 0.478 e. The molecule has 0 amide bonds. The Kier molecular flexibility index (Phi) is 1.91. The number of aromatic carboxylic acids is 1. The minimum atomic E-state index is -1.03. The summed E-state index contributed by atoms with van der Waals surface area (Å²) < 4.78 is 0. The van der Waals surface area contributed by atoms with Crippen LogP contribution in [0.2, 0.25) is 0 Å². The van der Waals surface area contributed by atoms with Gasteiger partial charge in [0.1, 0.15) is 11.1 Å². The van der Waals surface area contributed by atoms with Crippen molar-refractivity contribution in [3.05, 3.63) is 30.4 Å². The van der Waals surface area contributed by atoms with Crippen molar-refractivity contribution in [3.8, 4) is 11.3 Å². The maximum absolute atomic E-state index is 11.0. The number of carbonyl (C=O) groups is 1. The molecule has 0 unspecified atom stereocenters. The first-order valence-electron chi connectivity index (χ1n) is 4.82. The number of H-pyrrole nitrogens is 2. The molecule has 0 aliphatic rings. The average molecular weight is 229 g/mol. The number of rotatable bonds is 2. The Hall–Kier alpha value is -2.70. The Morgan fingerprint density at radius 2 is 2.18 bits per heavy atom. The molecule has 0 spiro atoms. The molecule has 3 heterocycles. The van der Waals surface area contributed by atoms with E-state index < -0.39 is 5.97 Å². The molecule has 0 bridgehead atoms. The predicted octanol–water partition coefficient (Wildman–Crippen LogP) is 1.05. The average Bonchev–Trinajstić information content (AvgIpc) is 2.97. The molecular weight excluding hydrogens is 222 g/mol. The lowest BCUT2D eigenvalue weighted by Gasteiger charge is -1.96. The van der Waals surface area contributed by atoms with E-state index in [1.54, 1.807) is 18.6 Å². The summed E-state index contributed by atoms with van der Waals surface area (Å²) in [4.78, 5) is 22.1. The fourth-order valence-corrected chi connectivity index (χ4v) is 1.58. The summed E-state index contributed by atoms with van der Waals surface area (Å²) in [5, 5.41) is 15.5. The fraction of sp³-hybridized carbons (Fsp3) is 0. The number of aromatic amines is 2. The third kappa shape index (κ3) is 1.44. The van der Waals surface area contributed by atoms with Crippen LogP contribution >= 0.6 is 0 Å². The van der Waals surface area contributed by atoms with Crippen LogP contribution in [0, 0.1) is 0 Å². The topological polar surface area (TPSA) is 108 Å². The normalized spacial score (nSPS) is 10.8. The number of aromatic nitrogens is 5. The van der Waals surface area contributed by atoms with Crippen LogP contribution in [0.1, 0.15) is 10.4 Å². The minimum Gasteiger partial charge on any atom is -0.478 e. The minimum absolute atomic E-state index is 0.109. The lowest BCUT2D eigenvalue weighted by molar-refractivity contribution is 0.0699. The highest BCUT2D eigenvalue weighted by atomic mass is 16.4. The number of nitrogens with one attached hydrogen (secondary N) is 2. The van der Waals surface area contributed by atoms with E-state index in [-0.39, 0.29) is 5.56 Å². The van der Waals surface area contributed by atoms with E-state index in [1.807, 2.05) is 0 Å². The molecule has 3 aromatic rings. The molecule has 0 aliphatic carbocycles. The van der Waals surface area contributed by atoms with Gasteiger partial charge >= 0.3 is 5.97 Å². The number of hydrogen-bond donors (Lipinski definition) is 3. The highest BCUT2D eigenvalue weighted by Gasteiger charge is 2.14. The van der Waals surface area contributed by atoms with E-state index in [0.717, 1.165) is 5.56 Å². The molecule has 0 fully saturated rings. The first-order chi connectivity index (χ1) is 8.25. The second-order valence-corrected chi connectivity index (χ2v) is 3.45. The molecule has 3 rings (SSSR count). The van der Waals surface area contributed by atoms with Gasteiger partial charge in [0.15, 0.2) is 5.65 Å². The second-order valence-electron chi connectivity index (χ2n) is 3.45. The third-order valence-electron chi connectivity index (χ3n) is 2.41. The maximum atomic E-state index is 11.0. The van der Waals surface area contributed by atoms with Gasteiger partial charge < -0.3 is 10.1 Å². The smallest absolute Gasteiger partial charge is 0.339 e. The summed E-state index contributed by atoms with van der Waals surface area (Å²) in [5.74, 6) is -1.03. The molecule has 84 valence electrons. The van der Waals surface area contributed by atoms with Crippen molar-refractivity contribution < 1.29 is 9.90 Å². The monoisotopic (exact) mass is 229 g/mol. The van der Waals surface area contributed by atoms with E-state index in [0.29, 0.717) is 16.9 Å². The van der Waals surface area contributed by atoms with Crippen LogP contribution in [0.5, 0.6) is 0 Å². The zero-order valence-corrected chi connectivity index (χ0v) is 8.51. The number of hydrogen-bond acceptors (Lipinski definition) is 4. The van der Waals surface area contributed by atoms with E-state index in [9.17, 15) is 4.79 Å². The first kappa shape index (κ1) is 9.52. The van der Waals surface area contributed by atoms with Crippen molar-refractivity contribution >= 4 is 17.1 Å². The molecule has 0 aliphatic heterocycles. The van der Waals surface area contributed by atoms with Crippen LogP contribution in [-0.4, -0.2) is 36.2 Å². The number of nitrogens with zero attached hydrogens (tertiary/aromatic N) is 3. The number of fused-ring (bicyclic) bond motifs is 1. The molecule has 0 saturated heterocycles. The van der Waals surface area contributed by atoms with Crippen LogP contribution < -0.4 is 0 Å². The van der Waals surface area contributed by atoms with E-state index in [2.05, 4.69) is 25.1 Å². The van der Waals surface area contributed by atoms with Crippen molar-refractivity contribution in [1.29, 1.82) is 0 Å². The lowest BCUT2D eigenvalue weighted by atomic mass is 10.2. The molecule has 7 heteroatoms.